The number of nitrogens with zero attached hydrogens (tertiary/aromatic N) is 1. The maximum Gasteiger partial charge on any atom is 0.267 e. The number of rotatable bonds is 5. The summed E-state index contributed by atoms with van der Waals surface area (Å²) in [6.45, 7) is 4.69. The molecule has 5 heteroatoms. The van der Waals surface area contributed by atoms with Gasteiger partial charge in [0, 0.05) is 18.5 Å². The van der Waals surface area contributed by atoms with Crippen LogP contribution < -0.4 is 15.4 Å². The van der Waals surface area contributed by atoms with Crippen molar-refractivity contribution in [1.82, 2.24) is 0 Å². The fraction of sp³-hybridized carbons (Fsp3) is 0.467. The molecule has 2 rings (SSSR count). The zero-order chi connectivity index (χ0) is 14.7. The summed E-state index contributed by atoms with van der Waals surface area (Å²) in [6, 6.07) is 5.21. The number of nitrogens with two attached hydrogens (primary N) is 1. The lowest BCUT2D eigenvalue weighted by molar-refractivity contribution is -0.125. The second kappa shape index (κ2) is 6.05. The van der Waals surface area contributed by atoms with Crippen LogP contribution in [0.4, 0.5) is 5.69 Å². The van der Waals surface area contributed by atoms with Gasteiger partial charge in [0.05, 0.1) is 5.69 Å². The molecule has 1 heterocycles. The minimum atomic E-state index is -0.486. The van der Waals surface area contributed by atoms with Crippen molar-refractivity contribution in [3.05, 3.63) is 23.8 Å². The Labute approximate surface area is 118 Å². The van der Waals surface area contributed by atoms with E-state index >= 15 is 0 Å². The van der Waals surface area contributed by atoms with Crippen LogP contribution in [0.3, 0.4) is 0 Å². The first kappa shape index (κ1) is 14.5. The lowest BCUT2D eigenvalue weighted by Crippen LogP contribution is -2.44. The van der Waals surface area contributed by atoms with Crippen LogP contribution in [0.2, 0.25) is 0 Å². The molecule has 1 aromatic carbocycles. The van der Waals surface area contributed by atoms with Gasteiger partial charge in [-0.05, 0) is 38.1 Å². The molecule has 0 bridgehead atoms. The van der Waals surface area contributed by atoms with Crippen molar-refractivity contribution in [2.24, 2.45) is 5.73 Å². The molecule has 1 amide bonds. The maximum absolute atomic E-state index is 12.2. The summed E-state index contributed by atoms with van der Waals surface area (Å²) in [4.78, 5) is 25.8. The van der Waals surface area contributed by atoms with Crippen molar-refractivity contribution < 1.29 is 14.3 Å². The summed E-state index contributed by atoms with van der Waals surface area (Å²) in [5, 5.41) is 0. The highest BCUT2D eigenvalue weighted by Crippen LogP contribution is 2.35. The monoisotopic (exact) mass is 276 g/mol. The van der Waals surface area contributed by atoms with Gasteiger partial charge >= 0.3 is 0 Å². The van der Waals surface area contributed by atoms with Gasteiger partial charge in [-0.1, -0.05) is 6.92 Å². The van der Waals surface area contributed by atoms with Gasteiger partial charge in [0.2, 0.25) is 0 Å². The van der Waals surface area contributed by atoms with Crippen LogP contribution in [-0.2, 0) is 4.79 Å². The molecule has 0 radical (unpaired) electrons. The quantitative estimate of drug-likeness (QED) is 0.831. The van der Waals surface area contributed by atoms with Gasteiger partial charge in [0.25, 0.3) is 5.91 Å². The van der Waals surface area contributed by atoms with Crippen molar-refractivity contribution in [3.63, 3.8) is 0 Å². The second-order valence-electron chi connectivity index (χ2n) is 4.89. The number of anilines is 1. The summed E-state index contributed by atoms with van der Waals surface area (Å²) in [6.07, 6.45) is 0.663. The van der Waals surface area contributed by atoms with Crippen LogP contribution in [0.5, 0.6) is 5.75 Å². The standard InChI is InChI=1S/C15H20N2O3/c1-3-8-17-12-9-11(13(18)6-7-16)4-5-14(12)20-10(2)15(17)19/h4-5,9-10H,3,6-8,16H2,1-2H3. The van der Waals surface area contributed by atoms with Gasteiger partial charge in [-0.25, -0.2) is 0 Å². The Morgan fingerprint density at radius 3 is 2.85 bits per heavy atom. The molecule has 5 nitrogen and oxygen atoms in total. The first-order valence-corrected chi connectivity index (χ1v) is 6.93. The topological polar surface area (TPSA) is 72.6 Å². The van der Waals surface area contributed by atoms with Gasteiger partial charge in [0.1, 0.15) is 5.75 Å². The number of hydrogen-bond donors (Lipinski definition) is 1. The maximum atomic E-state index is 12.2. The Morgan fingerprint density at radius 1 is 1.45 bits per heavy atom. The number of ether oxygens (including phenoxy) is 1. The largest absolute Gasteiger partial charge is 0.479 e. The number of hydrogen-bond acceptors (Lipinski definition) is 4. The van der Waals surface area contributed by atoms with E-state index in [9.17, 15) is 9.59 Å². The van der Waals surface area contributed by atoms with Gasteiger partial charge in [-0.15, -0.1) is 0 Å². The Hall–Kier alpha value is -1.88. The van der Waals surface area contributed by atoms with Crippen molar-refractivity contribution >= 4 is 17.4 Å². The highest BCUT2D eigenvalue weighted by Gasteiger charge is 2.31. The molecule has 1 unspecified atom stereocenters. The van der Waals surface area contributed by atoms with Crippen molar-refractivity contribution in [1.29, 1.82) is 0 Å². The van der Waals surface area contributed by atoms with E-state index in [1.807, 2.05) is 6.92 Å². The Bertz CT molecular complexity index is 528. The number of ketones is 1. The zero-order valence-corrected chi connectivity index (χ0v) is 11.9. The van der Waals surface area contributed by atoms with Crippen LogP contribution in [0.25, 0.3) is 0 Å². The second-order valence-corrected chi connectivity index (χ2v) is 4.89. The van der Waals surface area contributed by atoms with Crippen molar-refractivity contribution in [2.75, 3.05) is 18.0 Å². The van der Waals surface area contributed by atoms with E-state index in [1.54, 1.807) is 30.0 Å². The van der Waals surface area contributed by atoms with Gasteiger partial charge in [-0.2, -0.15) is 0 Å². The Morgan fingerprint density at radius 2 is 2.20 bits per heavy atom. The van der Waals surface area contributed by atoms with Crippen molar-refractivity contribution in [3.8, 4) is 5.75 Å². The number of carbonyl (C=O) groups is 2. The average molecular weight is 276 g/mol. The molecule has 0 saturated heterocycles. The van der Waals surface area contributed by atoms with Gasteiger partial charge in [0.15, 0.2) is 11.9 Å². The minimum Gasteiger partial charge on any atom is -0.479 e. The van der Waals surface area contributed by atoms with Crippen LogP contribution >= 0.6 is 0 Å². The smallest absolute Gasteiger partial charge is 0.267 e. The first-order valence-electron chi connectivity index (χ1n) is 6.93. The van der Waals surface area contributed by atoms with Crippen molar-refractivity contribution in [2.45, 2.75) is 32.8 Å². The molecule has 108 valence electrons. The molecule has 1 aliphatic rings. The summed E-state index contributed by atoms with van der Waals surface area (Å²) in [5.74, 6) is 0.565. The molecular formula is C15H20N2O3. The zero-order valence-electron chi connectivity index (χ0n) is 11.9. The molecule has 0 aromatic heterocycles. The third-order valence-electron chi connectivity index (χ3n) is 3.31. The SMILES string of the molecule is CCCN1C(=O)C(C)Oc2ccc(C(=O)CCN)cc21. The molecule has 1 aliphatic heterocycles. The fourth-order valence-corrected chi connectivity index (χ4v) is 2.31. The Balaban J connectivity index is 2.39. The molecule has 1 aromatic rings. The summed E-state index contributed by atoms with van der Waals surface area (Å²) in [5.41, 5.74) is 6.66. The van der Waals surface area contributed by atoms with Crippen LogP contribution in [0.1, 0.15) is 37.0 Å². The molecular weight excluding hydrogens is 256 g/mol. The molecule has 0 spiro atoms. The number of carbonyl (C=O) groups excluding carboxylic acids is 2. The number of amides is 1. The lowest BCUT2D eigenvalue weighted by Gasteiger charge is -2.33. The molecule has 0 saturated carbocycles. The van der Waals surface area contributed by atoms with E-state index in [0.717, 1.165) is 6.42 Å². The molecule has 1 atom stereocenters. The predicted molar refractivity (Wildman–Crippen MR) is 77.2 cm³/mol. The van der Waals surface area contributed by atoms with Crippen LogP contribution in [0.15, 0.2) is 18.2 Å². The summed E-state index contributed by atoms with van der Waals surface area (Å²) in [7, 11) is 0. The van der Waals surface area contributed by atoms with Crippen LogP contribution in [0, 0.1) is 0 Å². The molecule has 0 fully saturated rings. The number of fused-ring (bicyclic) bond motifs is 1. The first-order chi connectivity index (χ1) is 9.58. The van der Waals surface area contributed by atoms with Crippen LogP contribution in [-0.4, -0.2) is 30.9 Å². The van der Waals surface area contributed by atoms with E-state index < -0.39 is 6.10 Å². The van der Waals surface area contributed by atoms with E-state index in [0.29, 0.717) is 36.5 Å². The number of benzene rings is 1. The van der Waals surface area contributed by atoms with E-state index in [2.05, 4.69) is 0 Å². The normalized spacial score (nSPS) is 17.6. The summed E-state index contributed by atoms with van der Waals surface area (Å²) < 4.78 is 5.59. The van der Waals surface area contributed by atoms with Gasteiger partial charge < -0.3 is 15.4 Å². The van der Waals surface area contributed by atoms with Gasteiger partial charge in [-0.3, -0.25) is 9.59 Å². The Kier molecular flexibility index (Phi) is 4.39. The molecule has 0 aliphatic carbocycles. The third-order valence-corrected chi connectivity index (χ3v) is 3.31. The minimum absolute atomic E-state index is 0.0159. The lowest BCUT2D eigenvalue weighted by atomic mass is 10.0. The van der Waals surface area contributed by atoms with E-state index in [1.165, 1.54) is 0 Å². The predicted octanol–water partition coefficient (Wildman–Crippen LogP) is 1.74. The number of Topliss-reactive ketones (excluding diaryl/α,β-unsaturated/α-hetero) is 1. The highest BCUT2D eigenvalue weighted by atomic mass is 16.5. The van der Waals surface area contributed by atoms with E-state index in [4.69, 9.17) is 10.5 Å². The summed E-state index contributed by atoms with van der Waals surface area (Å²) >= 11 is 0. The molecule has 2 N–H and O–H groups in total. The molecule has 20 heavy (non-hydrogen) atoms. The highest BCUT2D eigenvalue weighted by molar-refractivity contribution is 6.03. The third kappa shape index (κ3) is 2.67. The average Bonchev–Trinajstić information content (AvgIpc) is 2.44. The van der Waals surface area contributed by atoms with E-state index in [-0.39, 0.29) is 11.7 Å². The fourth-order valence-electron chi connectivity index (χ4n) is 2.31.